The molecule has 0 N–H and O–H groups in total. The molecule has 13 rings (SSSR count). The summed E-state index contributed by atoms with van der Waals surface area (Å²) in [4.78, 5) is 10.2. The number of aromatic nitrogens is 4. The van der Waals surface area contributed by atoms with Crippen LogP contribution in [0.4, 0.5) is 0 Å². The van der Waals surface area contributed by atoms with Crippen molar-refractivity contribution in [2.75, 3.05) is 0 Å². The van der Waals surface area contributed by atoms with Crippen molar-refractivity contribution in [3.05, 3.63) is 218 Å². The summed E-state index contributed by atoms with van der Waals surface area (Å²) in [5.74, 6) is 0.701. The average Bonchev–Trinajstić information content (AvgIpc) is 4.02. The molecule has 0 amide bonds. The molecule has 0 unspecified atom stereocenters. The van der Waals surface area contributed by atoms with Crippen LogP contribution < -0.4 is 0 Å². The molecule has 13 aromatic rings. The van der Waals surface area contributed by atoms with Gasteiger partial charge in [-0.2, -0.15) is 0 Å². The predicted molar refractivity (Wildman–Crippen MR) is 260 cm³/mol. The maximum absolute atomic E-state index is 6.21. The van der Waals surface area contributed by atoms with Gasteiger partial charge in [0, 0.05) is 60.4 Å². The van der Waals surface area contributed by atoms with E-state index in [4.69, 9.17) is 14.4 Å². The van der Waals surface area contributed by atoms with Crippen LogP contribution in [-0.4, -0.2) is 19.1 Å². The van der Waals surface area contributed by atoms with Crippen LogP contribution in [0.25, 0.3) is 122 Å². The van der Waals surface area contributed by atoms with Gasteiger partial charge in [-0.3, -0.25) is 0 Å². The predicted octanol–water partition coefficient (Wildman–Crippen LogP) is 15.2. The first-order valence-electron chi connectivity index (χ1n) is 21.3. The molecule has 4 heterocycles. The van der Waals surface area contributed by atoms with Crippen LogP contribution in [0.5, 0.6) is 0 Å². The lowest BCUT2D eigenvalue weighted by Crippen LogP contribution is -1.97. The van der Waals surface area contributed by atoms with E-state index in [2.05, 4.69) is 191 Å². The molecule has 0 saturated carbocycles. The van der Waals surface area contributed by atoms with Gasteiger partial charge in [-0.25, -0.2) is 9.97 Å². The van der Waals surface area contributed by atoms with E-state index in [1.807, 2.05) is 36.4 Å². The Labute approximate surface area is 362 Å². The molecule has 0 aliphatic rings. The monoisotopic (exact) mass is 804 g/mol. The van der Waals surface area contributed by atoms with E-state index in [1.54, 1.807) is 0 Å². The second-order valence-electron chi connectivity index (χ2n) is 16.2. The number of benzene rings is 9. The highest BCUT2D eigenvalue weighted by Crippen LogP contribution is 2.42. The van der Waals surface area contributed by atoms with Crippen molar-refractivity contribution < 1.29 is 4.42 Å². The summed E-state index contributed by atoms with van der Waals surface area (Å²) in [6, 6.07) is 77.4. The fourth-order valence-corrected chi connectivity index (χ4v) is 9.68. The van der Waals surface area contributed by atoms with Gasteiger partial charge in [-0.1, -0.05) is 146 Å². The first kappa shape index (κ1) is 35.2. The lowest BCUT2D eigenvalue weighted by molar-refractivity contribution is 0.669. The minimum absolute atomic E-state index is 0.701. The first-order chi connectivity index (χ1) is 31.2. The minimum atomic E-state index is 0.701. The molecule has 0 spiro atoms. The van der Waals surface area contributed by atoms with Gasteiger partial charge in [0.05, 0.1) is 33.5 Å². The molecule has 0 aliphatic carbocycles. The van der Waals surface area contributed by atoms with E-state index in [1.165, 1.54) is 38.2 Å². The van der Waals surface area contributed by atoms with Crippen molar-refractivity contribution in [3.63, 3.8) is 0 Å². The quantitative estimate of drug-likeness (QED) is 0.168. The third-order valence-corrected chi connectivity index (χ3v) is 12.5. The molecule has 0 saturated heterocycles. The van der Waals surface area contributed by atoms with E-state index < -0.39 is 0 Å². The number of nitrogens with zero attached hydrogens (tertiary/aromatic N) is 4. The van der Waals surface area contributed by atoms with Gasteiger partial charge in [0.2, 0.25) is 0 Å². The van der Waals surface area contributed by atoms with Crippen molar-refractivity contribution in [2.24, 2.45) is 0 Å². The molecule has 63 heavy (non-hydrogen) atoms. The van der Waals surface area contributed by atoms with Gasteiger partial charge in [-0.05, 0) is 83.9 Å². The van der Waals surface area contributed by atoms with Gasteiger partial charge in [0.15, 0.2) is 5.82 Å². The molecule has 0 fully saturated rings. The largest absolute Gasteiger partial charge is 0.456 e. The van der Waals surface area contributed by atoms with Crippen LogP contribution in [0.1, 0.15) is 0 Å². The molecule has 5 nitrogen and oxygen atoms in total. The van der Waals surface area contributed by atoms with Crippen LogP contribution in [0, 0.1) is 0 Å². The second-order valence-corrected chi connectivity index (χ2v) is 16.2. The minimum Gasteiger partial charge on any atom is -0.456 e. The average molecular weight is 805 g/mol. The summed E-state index contributed by atoms with van der Waals surface area (Å²) >= 11 is 0. The Morgan fingerprint density at radius 3 is 1.73 bits per heavy atom. The van der Waals surface area contributed by atoms with Gasteiger partial charge in [-0.15, -0.1) is 0 Å². The van der Waals surface area contributed by atoms with Crippen molar-refractivity contribution in [1.29, 1.82) is 0 Å². The fourth-order valence-electron chi connectivity index (χ4n) is 9.68. The second kappa shape index (κ2) is 14.0. The maximum atomic E-state index is 6.21. The number of furan rings is 1. The Hall–Kier alpha value is -8.54. The smallest absolute Gasteiger partial charge is 0.160 e. The molecule has 294 valence electrons. The van der Waals surface area contributed by atoms with Crippen molar-refractivity contribution in [1.82, 2.24) is 19.1 Å². The zero-order valence-electron chi connectivity index (χ0n) is 34.0. The van der Waals surface area contributed by atoms with Crippen LogP contribution in [0.15, 0.2) is 223 Å². The lowest BCUT2D eigenvalue weighted by atomic mass is 9.98. The van der Waals surface area contributed by atoms with Gasteiger partial charge in [0.1, 0.15) is 11.2 Å². The molecule has 4 aromatic heterocycles. The maximum Gasteiger partial charge on any atom is 0.160 e. The van der Waals surface area contributed by atoms with E-state index in [-0.39, 0.29) is 0 Å². The summed E-state index contributed by atoms with van der Waals surface area (Å²) in [6.07, 6.45) is 0. The third-order valence-electron chi connectivity index (χ3n) is 12.5. The molecular formula is C58H36N4O. The Kier molecular flexibility index (Phi) is 7.84. The highest BCUT2D eigenvalue weighted by molar-refractivity contribution is 6.17. The zero-order valence-corrected chi connectivity index (χ0v) is 34.0. The molecule has 0 atom stereocenters. The van der Waals surface area contributed by atoms with E-state index in [0.717, 1.165) is 77.9 Å². The highest BCUT2D eigenvalue weighted by Gasteiger charge is 2.20. The standard InChI is InChI=1S/C58H36N4O/c1-3-15-37(16-4-1)49-36-50(60-58(59-49)38-17-5-2-6-18-38)40-19-13-20-41(33-40)62-52-26-11-8-23-46(52)57-43(24-14-27-54(57)62)39-29-31-53-47(34-39)44-21-7-10-25-51(44)61(53)42-30-32-56-48(35-42)45-22-9-12-28-55(45)63-56/h1-36H. The molecule has 9 aromatic carbocycles. The van der Waals surface area contributed by atoms with Crippen LogP contribution in [-0.2, 0) is 0 Å². The Morgan fingerprint density at radius 2 is 0.905 bits per heavy atom. The van der Waals surface area contributed by atoms with Crippen LogP contribution in [0.3, 0.4) is 0 Å². The van der Waals surface area contributed by atoms with E-state index in [0.29, 0.717) is 5.82 Å². The Balaban J connectivity index is 0.970. The van der Waals surface area contributed by atoms with Crippen LogP contribution in [0.2, 0.25) is 0 Å². The molecule has 0 radical (unpaired) electrons. The number of rotatable bonds is 6. The van der Waals surface area contributed by atoms with E-state index >= 15 is 0 Å². The third kappa shape index (κ3) is 5.64. The van der Waals surface area contributed by atoms with Crippen molar-refractivity contribution >= 4 is 65.6 Å². The normalized spacial score (nSPS) is 11.8. The molecule has 0 aliphatic heterocycles. The summed E-state index contributed by atoms with van der Waals surface area (Å²) < 4.78 is 11.0. The lowest BCUT2D eigenvalue weighted by Gasteiger charge is -2.12. The SMILES string of the molecule is c1ccc(-c2cc(-c3cccc(-n4c5ccccc5c5c(-c6ccc7c(c6)c6ccccc6n7-c6ccc7oc8ccccc8c7c6)cccc54)c3)nc(-c3ccccc3)n2)cc1. The number of hydrogen-bond acceptors (Lipinski definition) is 3. The topological polar surface area (TPSA) is 48.8 Å². The number of fused-ring (bicyclic) bond motifs is 9. The van der Waals surface area contributed by atoms with Gasteiger partial charge >= 0.3 is 0 Å². The number of para-hydroxylation sites is 3. The summed E-state index contributed by atoms with van der Waals surface area (Å²) in [5.41, 5.74) is 15.8. The summed E-state index contributed by atoms with van der Waals surface area (Å²) in [7, 11) is 0. The molecule has 0 bridgehead atoms. The fraction of sp³-hybridized carbons (Fsp3) is 0. The number of hydrogen-bond donors (Lipinski definition) is 0. The van der Waals surface area contributed by atoms with Crippen molar-refractivity contribution in [2.45, 2.75) is 0 Å². The summed E-state index contributed by atoms with van der Waals surface area (Å²) in [5, 5.41) is 7.09. The Bertz CT molecular complexity index is 3860. The highest BCUT2D eigenvalue weighted by atomic mass is 16.3. The zero-order chi connectivity index (χ0) is 41.4. The van der Waals surface area contributed by atoms with Gasteiger partial charge < -0.3 is 13.6 Å². The molecule has 5 heteroatoms. The summed E-state index contributed by atoms with van der Waals surface area (Å²) in [6.45, 7) is 0. The van der Waals surface area contributed by atoms with E-state index in [9.17, 15) is 0 Å². The van der Waals surface area contributed by atoms with Crippen molar-refractivity contribution in [3.8, 4) is 56.4 Å². The van der Waals surface area contributed by atoms with Crippen LogP contribution >= 0.6 is 0 Å². The Morgan fingerprint density at radius 1 is 0.317 bits per heavy atom. The molecular weight excluding hydrogens is 769 g/mol. The first-order valence-corrected chi connectivity index (χ1v) is 21.3. The van der Waals surface area contributed by atoms with Gasteiger partial charge in [0.25, 0.3) is 0 Å².